The number of aliphatic hydroxyl groups is 1. The maximum Gasteiger partial charge on any atom is 0.251 e. The van der Waals surface area contributed by atoms with Crippen LogP contribution in [-0.4, -0.2) is 55.3 Å². The van der Waals surface area contributed by atoms with Crippen molar-refractivity contribution in [3.05, 3.63) is 0 Å². The SMILES string of the molecule is CC(C)NCC(C)(C)CN(CCO)CC(F)F. The lowest BCUT2D eigenvalue weighted by Crippen LogP contribution is -2.44. The fourth-order valence-electron chi connectivity index (χ4n) is 1.71. The zero-order chi connectivity index (χ0) is 13.5. The number of nitrogens with one attached hydrogen (secondary N) is 1. The van der Waals surface area contributed by atoms with Crippen LogP contribution in [0.25, 0.3) is 0 Å². The molecule has 0 unspecified atom stereocenters. The van der Waals surface area contributed by atoms with Crippen LogP contribution in [0.2, 0.25) is 0 Å². The summed E-state index contributed by atoms with van der Waals surface area (Å²) in [6.45, 7) is 9.47. The van der Waals surface area contributed by atoms with Crippen molar-refractivity contribution in [2.45, 2.75) is 40.2 Å². The van der Waals surface area contributed by atoms with E-state index in [0.717, 1.165) is 6.54 Å². The molecule has 0 bridgehead atoms. The van der Waals surface area contributed by atoms with Gasteiger partial charge in [0.25, 0.3) is 6.43 Å². The van der Waals surface area contributed by atoms with Gasteiger partial charge < -0.3 is 10.4 Å². The lowest BCUT2D eigenvalue weighted by Gasteiger charge is -2.33. The molecule has 3 nitrogen and oxygen atoms in total. The van der Waals surface area contributed by atoms with Crippen molar-refractivity contribution in [1.29, 1.82) is 0 Å². The second kappa shape index (κ2) is 7.95. The van der Waals surface area contributed by atoms with Crippen molar-refractivity contribution in [2.75, 3.05) is 32.8 Å². The van der Waals surface area contributed by atoms with Crippen molar-refractivity contribution in [3.8, 4) is 0 Å². The summed E-state index contributed by atoms with van der Waals surface area (Å²) in [5, 5.41) is 12.2. The summed E-state index contributed by atoms with van der Waals surface area (Å²) in [4.78, 5) is 1.62. The number of rotatable bonds is 9. The third-order valence-corrected chi connectivity index (χ3v) is 2.45. The van der Waals surface area contributed by atoms with E-state index in [-0.39, 0.29) is 18.6 Å². The van der Waals surface area contributed by atoms with Crippen molar-refractivity contribution < 1.29 is 13.9 Å². The van der Waals surface area contributed by atoms with Crippen LogP contribution in [0.4, 0.5) is 8.78 Å². The Morgan fingerprint density at radius 1 is 1.29 bits per heavy atom. The highest BCUT2D eigenvalue weighted by Gasteiger charge is 2.23. The van der Waals surface area contributed by atoms with E-state index >= 15 is 0 Å². The second-order valence-corrected chi connectivity index (χ2v) is 5.55. The molecule has 0 heterocycles. The maximum absolute atomic E-state index is 12.4. The molecule has 0 aliphatic carbocycles. The minimum absolute atomic E-state index is 0.0829. The van der Waals surface area contributed by atoms with Gasteiger partial charge in [-0.1, -0.05) is 27.7 Å². The lowest BCUT2D eigenvalue weighted by atomic mass is 9.92. The average Bonchev–Trinajstić information content (AvgIpc) is 2.13. The molecule has 0 aliphatic heterocycles. The Labute approximate surface area is 103 Å². The number of hydrogen-bond donors (Lipinski definition) is 2. The molecule has 0 spiro atoms. The molecule has 0 radical (unpaired) electrons. The summed E-state index contributed by atoms with van der Waals surface area (Å²) in [5.74, 6) is 0. The van der Waals surface area contributed by atoms with E-state index in [1.165, 1.54) is 0 Å². The van der Waals surface area contributed by atoms with Crippen LogP contribution in [0.3, 0.4) is 0 Å². The first-order valence-corrected chi connectivity index (χ1v) is 6.11. The number of aliphatic hydroxyl groups excluding tert-OH is 1. The van der Waals surface area contributed by atoms with Gasteiger partial charge in [0.05, 0.1) is 13.2 Å². The van der Waals surface area contributed by atoms with E-state index < -0.39 is 6.43 Å². The van der Waals surface area contributed by atoms with Gasteiger partial charge in [-0.05, 0) is 5.41 Å². The normalized spacial score (nSPS) is 13.1. The first kappa shape index (κ1) is 16.7. The molecule has 0 aromatic rings. The van der Waals surface area contributed by atoms with E-state index in [9.17, 15) is 8.78 Å². The number of nitrogens with zero attached hydrogens (tertiary/aromatic N) is 1. The molecule has 0 saturated heterocycles. The highest BCUT2D eigenvalue weighted by Crippen LogP contribution is 2.16. The fourth-order valence-corrected chi connectivity index (χ4v) is 1.71. The van der Waals surface area contributed by atoms with E-state index in [1.54, 1.807) is 4.90 Å². The Morgan fingerprint density at radius 2 is 1.88 bits per heavy atom. The van der Waals surface area contributed by atoms with Crippen molar-refractivity contribution >= 4 is 0 Å². The van der Waals surface area contributed by atoms with Gasteiger partial charge in [-0.25, -0.2) is 8.78 Å². The molecule has 0 atom stereocenters. The average molecular weight is 252 g/mol. The van der Waals surface area contributed by atoms with Crippen LogP contribution in [0.15, 0.2) is 0 Å². The van der Waals surface area contributed by atoms with Gasteiger partial charge in [0, 0.05) is 25.7 Å². The van der Waals surface area contributed by atoms with E-state index in [1.807, 2.05) is 13.8 Å². The topological polar surface area (TPSA) is 35.5 Å². The Kier molecular flexibility index (Phi) is 7.83. The Hall–Kier alpha value is -0.260. The van der Waals surface area contributed by atoms with Gasteiger partial charge in [-0.3, -0.25) is 4.90 Å². The van der Waals surface area contributed by atoms with E-state index in [0.29, 0.717) is 19.1 Å². The summed E-state index contributed by atoms with van der Waals surface area (Å²) >= 11 is 0. The number of halogens is 2. The molecule has 0 fully saturated rings. The van der Waals surface area contributed by atoms with Gasteiger partial charge in [-0.15, -0.1) is 0 Å². The number of alkyl halides is 2. The highest BCUT2D eigenvalue weighted by atomic mass is 19.3. The largest absolute Gasteiger partial charge is 0.395 e. The van der Waals surface area contributed by atoms with Gasteiger partial charge in [0.1, 0.15) is 0 Å². The van der Waals surface area contributed by atoms with E-state index in [2.05, 4.69) is 19.2 Å². The molecular formula is C12H26F2N2O. The molecule has 2 N–H and O–H groups in total. The second-order valence-electron chi connectivity index (χ2n) is 5.55. The molecule has 0 rings (SSSR count). The third-order valence-electron chi connectivity index (χ3n) is 2.45. The first-order chi connectivity index (χ1) is 7.76. The molecule has 5 heteroatoms. The predicted molar refractivity (Wildman–Crippen MR) is 66.4 cm³/mol. The monoisotopic (exact) mass is 252 g/mol. The minimum Gasteiger partial charge on any atom is -0.395 e. The van der Waals surface area contributed by atoms with Crippen LogP contribution >= 0.6 is 0 Å². The van der Waals surface area contributed by atoms with Gasteiger partial charge in [0.15, 0.2) is 0 Å². The quantitative estimate of drug-likeness (QED) is 0.654. The molecule has 0 amide bonds. The molecule has 0 saturated carbocycles. The van der Waals surface area contributed by atoms with Crippen LogP contribution < -0.4 is 5.32 Å². The van der Waals surface area contributed by atoms with Gasteiger partial charge >= 0.3 is 0 Å². The van der Waals surface area contributed by atoms with E-state index in [4.69, 9.17) is 5.11 Å². The summed E-state index contributed by atoms with van der Waals surface area (Å²) in [6.07, 6.45) is -2.35. The van der Waals surface area contributed by atoms with Crippen LogP contribution in [-0.2, 0) is 0 Å². The van der Waals surface area contributed by atoms with Crippen molar-refractivity contribution in [1.82, 2.24) is 10.2 Å². The Balaban J connectivity index is 4.19. The molecular weight excluding hydrogens is 226 g/mol. The fraction of sp³-hybridized carbons (Fsp3) is 1.00. The van der Waals surface area contributed by atoms with Crippen LogP contribution in [0.5, 0.6) is 0 Å². The zero-order valence-corrected chi connectivity index (χ0v) is 11.3. The summed E-state index contributed by atoms with van der Waals surface area (Å²) in [5.41, 5.74) is -0.0890. The zero-order valence-electron chi connectivity index (χ0n) is 11.3. The van der Waals surface area contributed by atoms with Crippen molar-refractivity contribution in [2.24, 2.45) is 5.41 Å². The van der Waals surface area contributed by atoms with Crippen molar-refractivity contribution in [3.63, 3.8) is 0 Å². The smallest absolute Gasteiger partial charge is 0.251 e. The molecule has 0 aromatic heterocycles. The minimum atomic E-state index is -2.35. The number of hydrogen-bond acceptors (Lipinski definition) is 3. The Morgan fingerprint density at radius 3 is 2.29 bits per heavy atom. The van der Waals surface area contributed by atoms with Gasteiger partial charge in [0.2, 0.25) is 0 Å². The standard InChI is InChI=1S/C12H26F2N2O/c1-10(2)15-8-12(3,4)9-16(5-6-17)7-11(13)14/h10-11,15,17H,5-9H2,1-4H3. The Bertz CT molecular complexity index is 199. The summed E-state index contributed by atoms with van der Waals surface area (Å²) in [7, 11) is 0. The van der Waals surface area contributed by atoms with Crippen LogP contribution in [0, 0.1) is 5.41 Å². The van der Waals surface area contributed by atoms with Gasteiger partial charge in [-0.2, -0.15) is 0 Å². The first-order valence-electron chi connectivity index (χ1n) is 6.11. The summed E-state index contributed by atoms with van der Waals surface area (Å²) in [6, 6.07) is 0.385. The third kappa shape index (κ3) is 9.44. The van der Waals surface area contributed by atoms with Crippen LogP contribution in [0.1, 0.15) is 27.7 Å². The molecule has 17 heavy (non-hydrogen) atoms. The molecule has 0 aliphatic rings. The lowest BCUT2D eigenvalue weighted by molar-refractivity contribution is 0.0575. The predicted octanol–water partition coefficient (Wildman–Crippen LogP) is 1.57. The molecule has 0 aromatic carbocycles. The maximum atomic E-state index is 12.4. The summed E-state index contributed by atoms with van der Waals surface area (Å²) < 4.78 is 24.7. The highest BCUT2D eigenvalue weighted by molar-refractivity contribution is 4.77. The molecule has 104 valence electrons.